The second-order valence-corrected chi connectivity index (χ2v) is 4.45. The molecule has 0 bridgehead atoms. The summed E-state index contributed by atoms with van der Waals surface area (Å²) in [6.45, 7) is 4.06. The Morgan fingerprint density at radius 3 is 1.89 bits per heavy atom. The van der Waals surface area contributed by atoms with Gasteiger partial charge in [0.25, 0.3) is 0 Å². The summed E-state index contributed by atoms with van der Waals surface area (Å²) < 4.78 is 0. The zero-order valence-corrected chi connectivity index (χ0v) is 10.6. The van der Waals surface area contributed by atoms with E-state index in [1.54, 1.807) is 0 Å². The van der Waals surface area contributed by atoms with E-state index in [2.05, 4.69) is 11.8 Å². The minimum absolute atomic E-state index is 0.730. The molecular weight excluding hydrogens is 220 g/mol. The van der Waals surface area contributed by atoms with E-state index in [0.717, 1.165) is 11.1 Å². The van der Waals surface area contributed by atoms with Crippen molar-refractivity contribution >= 4 is 0 Å². The highest BCUT2D eigenvalue weighted by molar-refractivity contribution is 5.38. The third-order valence-electron chi connectivity index (χ3n) is 2.80. The summed E-state index contributed by atoms with van der Waals surface area (Å²) in [5.41, 5.74) is 4.14. The molecule has 90 valence electrons. The fourth-order valence-electron chi connectivity index (χ4n) is 1.62. The molecule has 18 heavy (non-hydrogen) atoms. The first-order valence-corrected chi connectivity index (χ1v) is 5.98. The van der Waals surface area contributed by atoms with Crippen molar-refractivity contribution in [2.75, 3.05) is 0 Å². The number of hydrogen-bond acceptors (Lipinski definition) is 1. The van der Waals surface area contributed by atoms with Crippen LogP contribution in [-0.4, -0.2) is 5.11 Å². The standard InChI is InChI=1S/C17H16O/c1-13-3-7-15(8-4-13)9-12-17(18)16-10-5-14(2)6-11-16/h3-8,10-11,17-18H,1-2H3/t17-/m0/s1. The van der Waals surface area contributed by atoms with Crippen LogP contribution in [0.1, 0.15) is 28.4 Å². The van der Waals surface area contributed by atoms with Crippen LogP contribution in [0.2, 0.25) is 0 Å². The van der Waals surface area contributed by atoms with Crippen molar-refractivity contribution in [1.29, 1.82) is 0 Å². The zero-order chi connectivity index (χ0) is 13.0. The van der Waals surface area contributed by atoms with E-state index >= 15 is 0 Å². The van der Waals surface area contributed by atoms with Gasteiger partial charge in [-0.2, -0.15) is 0 Å². The number of aliphatic hydroxyl groups excluding tert-OH is 1. The largest absolute Gasteiger partial charge is 0.376 e. The van der Waals surface area contributed by atoms with Crippen LogP contribution < -0.4 is 0 Å². The Hall–Kier alpha value is -2.04. The van der Waals surface area contributed by atoms with Crippen LogP contribution in [0.3, 0.4) is 0 Å². The summed E-state index contributed by atoms with van der Waals surface area (Å²) in [6, 6.07) is 15.7. The molecule has 2 aromatic rings. The van der Waals surface area contributed by atoms with Crippen molar-refractivity contribution in [2.45, 2.75) is 20.0 Å². The van der Waals surface area contributed by atoms with Crippen molar-refractivity contribution in [2.24, 2.45) is 0 Å². The molecule has 0 radical (unpaired) electrons. The van der Waals surface area contributed by atoms with E-state index in [4.69, 9.17) is 0 Å². The van der Waals surface area contributed by atoms with Gasteiger partial charge in [0.05, 0.1) is 0 Å². The summed E-state index contributed by atoms with van der Waals surface area (Å²) in [4.78, 5) is 0. The average molecular weight is 236 g/mol. The van der Waals surface area contributed by atoms with E-state index in [1.807, 2.05) is 62.4 Å². The Balaban J connectivity index is 2.14. The maximum absolute atomic E-state index is 9.95. The maximum atomic E-state index is 9.95. The van der Waals surface area contributed by atoms with Gasteiger partial charge < -0.3 is 5.11 Å². The molecule has 0 saturated carbocycles. The molecule has 0 aliphatic heterocycles. The molecule has 1 heteroatoms. The van der Waals surface area contributed by atoms with Crippen molar-refractivity contribution in [3.8, 4) is 11.8 Å². The van der Waals surface area contributed by atoms with E-state index in [1.165, 1.54) is 11.1 Å². The first-order chi connectivity index (χ1) is 8.65. The van der Waals surface area contributed by atoms with E-state index in [-0.39, 0.29) is 0 Å². The molecule has 2 aromatic carbocycles. The molecule has 1 nitrogen and oxygen atoms in total. The molecule has 1 atom stereocenters. The lowest BCUT2D eigenvalue weighted by atomic mass is 10.1. The molecule has 0 spiro atoms. The van der Waals surface area contributed by atoms with Gasteiger partial charge in [-0.3, -0.25) is 0 Å². The fraction of sp³-hybridized carbons (Fsp3) is 0.176. The van der Waals surface area contributed by atoms with Crippen LogP contribution in [0.15, 0.2) is 48.5 Å². The molecular formula is C17H16O. The van der Waals surface area contributed by atoms with Gasteiger partial charge in [0.1, 0.15) is 6.10 Å². The number of aliphatic hydroxyl groups is 1. The minimum atomic E-state index is -0.730. The van der Waals surface area contributed by atoms with Crippen molar-refractivity contribution in [3.63, 3.8) is 0 Å². The highest BCUT2D eigenvalue weighted by Gasteiger charge is 2.01. The lowest BCUT2D eigenvalue weighted by Gasteiger charge is -2.03. The van der Waals surface area contributed by atoms with E-state index in [9.17, 15) is 5.11 Å². The number of benzene rings is 2. The quantitative estimate of drug-likeness (QED) is 0.752. The van der Waals surface area contributed by atoms with Crippen LogP contribution in [0.4, 0.5) is 0 Å². The lowest BCUT2D eigenvalue weighted by molar-refractivity contribution is 0.238. The Morgan fingerprint density at radius 1 is 0.833 bits per heavy atom. The summed E-state index contributed by atoms with van der Waals surface area (Å²) in [6.07, 6.45) is -0.730. The fourth-order valence-corrected chi connectivity index (χ4v) is 1.62. The summed E-state index contributed by atoms with van der Waals surface area (Å²) in [5, 5.41) is 9.95. The Bertz CT molecular complexity index is 568. The van der Waals surface area contributed by atoms with Gasteiger partial charge in [-0.15, -0.1) is 0 Å². The first kappa shape index (κ1) is 12.4. The van der Waals surface area contributed by atoms with Crippen molar-refractivity contribution in [1.82, 2.24) is 0 Å². The molecule has 0 amide bonds. The van der Waals surface area contributed by atoms with Crippen LogP contribution in [0.5, 0.6) is 0 Å². The van der Waals surface area contributed by atoms with Crippen molar-refractivity contribution in [3.05, 3.63) is 70.8 Å². The molecule has 0 heterocycles. The Morgan fingerprint density at radius 2 is 1.33 bits per heavy atom. The molecule has 0 fully saturated rings. The smallest absolute Gasteiger partial charge is 0.140 e. The predicted octanol–water partition coefficient (Wildman–Crippen LogP) is 3.39. The molecule has 2 rings (SSSR count). The van der Waals surface area contributed by atoms with E-state index < -0.39 is 6.10 Å². The van der Waals surface area contributed by atoms with Gasteiger partial charge in [0.15, 0.2) is 0 Å². The third-order valence-corrected chi connectivity index (χ3v) is 2.80. The Kier molecular flexibility index (Phi) is 3.82. The number of aryl methyl sites for hydroxylation is 2. The molecule has 0 aliphatic rings. The predicted molar refractivity (Wildman–Crippen MR) is 74.2 cm³/mol. The van der Waals surface area contributed by atoms with Gasteiger partial charge in [-0.25, -0.2) is 0 Å². The minimum Gasteiger partial charge on any atom is -0.376 e. The normalized spacial score (nSPS) is 11.5. The number of hydrogen-bond donors (Lipinski definition) is 1. The highest BCUT2D eigenvalue weighted by atomic mass is 16.3. The maximum Gasteiger partial charge on any atom is 0.140 e. The van der Waals surface area contributed by atoms with Gasteiger partial charge in [-0.05, 0) is 31.5 Å². The summed E-state index contributed by atoms with van der Waals surface area (Å²) in [7, 11) is 0. The van der Waals surface area contributed by atoms with Crippen LogP contribution in [-0.2, 0) is 0 Å². The SMILES string of the molecule is Cc1ccc(C#C[C@H](O)c2ccc(C)cc2)cc1. The lowest BCUT2D eigenvalue weighted by Crippen LogP contribution is -1.93. The van der Waals surface area contributed by atoms with Gasteiger partial charge in [0.2, 0.25) is 0 Å². The highest BCUT2D eigenvalue weighted by Crippen LogP contribution is 2.12. The van der Waals surface area contributed by atoms with Crippen molar-refractivity contribution < 1.29 is 5.11 Å². The van der Waals surface area contributed by atoms with Crippen LogP contribution in [0.25, 0.3) is 0 Å². The van der Waals surface area contributed by atoms with E-state index in [0.29, 0.717) is 0 Å². The third kappa shape index (κ3) is 3.23. The molecule has 1 N–H and O–H groups in total. The Labute approximate surface area is 108 Å². The topological polar surface area (TPSA) is 20.2 Å². The van der Waals surface area contributed by atoms with Crippen LogP contribution >= 0.6 is 0 Å². The molecule has 0 aliphatic carbocycles. The molecule has 0 saturated heterocycles. The number of rotatable bonds is 1. The summed E-state index contributed by atoms with van der Waals surface area (Å²) in [5.74, 6) is 5.84. The van der Waals surface area contributed by atoms with Gasteiger partial charge in [0, 0.05) is 5.56 Å². The second kappa shape index (κ2) is 5.53. The molecule has 0 unspecified atom stereocenters. The molecule has 0 aromatic heterocycles. The van der Waals surface area contributed by atoms with Gasteiger partial charge in [-0.1, -0.05) is 59.4 Å². The van der Waals surface area contributed by atoms with Crippen LogP contribution in [0, 0.1) is 25.7 Å². The second-order valence-electron chi connectivity index (χ2n) is 4.45. The first-order valence-electron chi connectivity index (χ1n) is 5.98. The average Bonchev–Trinajstić information content (AvgIpc) is 2.38. The summed E-state index contributed by atoms with van der Waals surface area (Å²) >= 11 is 0. The van der Waals surface area contributed by atoms with Gasteiger partial charge >= 0.3 is 0 Å². The zero-order valence-electron chi connectivity index (χ0n) is 10.6. The monoisotopic (exact) mass is 236 g/mol.